The quantitative estimate of drug-likeness (QED) is 0.125. The molecule has 0 radical (unpaired) electrons. The van der Waals surface area contributed by atoms with E-state index in [1.54, 1.807) is 0 Å². The largest absolute Gasteiger partial charge is 0.469 e. The molecule has 0 aromatic carbocycles. The molecule has 31 heavy (non-hydrogen) atoms. The molecule has 0 aliphatic rings. The normalized spacial score (nSPS) is 13.2. The highest BCUT2D eigenvalue weighted by Gasteiger charge is 2.35. The smallest absolute Gasteiger partial charge is 0.383 e. The lowest BCUT2D eigenvalue weighted by molar-refractivity contribution is -0.137. The molecule has 2 amide bonds. The van der Waals surface area contributed by atoms with Gasteiger partial charge in [0.1, 0.15) is 6.10 Å². The Kier molecular flexibility index (Phi) is 14.9. The predicted octanol–water partition coefficient (Wildman–Crippen LogP) is 1.50. The average molecular weight is 483 g/mol. The number of carbonyl (C=O) groups is 3. The van der Waals surface area contributed by atoms with E-state index >= 15 is 0 Å². The first kappa shape index (κ1) is 29.8. The van der Waals surface area contributed by atoms with Crippen molar-refractivity contribution in [1.29, 1.82) is 0 Å². The molecule has 12 heteroatoms. The Balaban J connectivity index is 3.96. The van der Waals surface area contributed by atoms with E-state index in [9.17, 15) is 24.1 Å². The molecule has 0 aromatic heterocycles. The van der Waals surface area contributed by atoms with Gasteiger partial charge in [0.15, 0.2) is 5.12 Å². The molecular weight excluding hydrogens is 447 g/mol. The van der Waals surface area contributed by atoms with Gasteiger partial charge in [0, 0.05) is 37.1 Å². The van der Waals surface area contributed by atoms with Gasteiger partial charge in [-0.05, 0) is 26.2 Å². The lowest BCUT2D eigenvalue weighted by Crippen LogP contribution is -2.46. The zero-order chi connectivity index (χ0) is 23.9. The van der Waals surface area contributed by atoms with E-state index in [0.29, 0.717) is 18.7 Å². The van der Waals surface area contributed by atoms with Crippen LogP contribution in [0.5, 0.6) is 0 Å². The molecule has 0 spiro atoms. The topological polar surface area (TPSA) is 162 Å². The number of carbonyl (C=O) groups excluding carboxylic acids is 3. The zero-order valence-electron chi connectivity index (χ0n) is 18.3. The van der Waals surface area contributed by atoms with Crippen molar-refractivity contribution in [3.05, 3.63) is 12.2 Å². The van der Waals surface area contributed by atoms with E-state index < -0.39 is 31.9 Å². The highest BCUT2D eigenvalue weighted by atomic mass is 32.2. The summed E-state index contributed by atoms with van der Waals surface area (Å²) in [5, 5.41) is 15.2. The van der Waals surface area contributed by atoms with Gasteiger partial charge < -0.3 is 25.5 Å². The lowest BCUT2D eigenvalue weighted by atomic mass is 9.87. The van der Waals surface area contributed by atoms with Crippen LogP contribution in [0.3, 0.4) is 0 Å². The minimum Gasteiger partial charge on any atom is -0.383 e. The third kappa shape index (κ3) is 16.1. The van der Waals surface area contributed by atoms with Crippen LogP contribution in [0.1, 0.15) is 52.9 Å². The molecule has 0 heterocycles. The van der Waals surface area contributed by atoms with E-state index in [1.165, 1.54) is 25.6 Å². The number of aliphatic hydroxyl groups is 1. The van der Waals surface area contributed by atoms with Crippen molar-refractivity contribution < 1.29 is 38.4 Å². The van der Waals surface area contributed by atoms with Gasteiger partial charge in [-0.2, -0.15) is 0 Å². The summed E-state index contributed by atoms with van der Waals surface area (Å²) in [6, 6.07) is 0. The molecule has 0 saturated heterocycles. The maximum atomic E-state index is 12.0. The van der Waals surface area contributed by atoms with E-state index in [-0.39, 0.29) is 24.0 Å². The summed E-state index contributed by atoms with van der Waals surface area (Å²) >= 11 is 1.18. The van der Waals surface area contributed by atoms with Gasteiger partial charge in [0.05, 0.1) is 6.61 Å². The number of phosphoric acid groups is 1. The van der Waals surface area contributed by atoms with Crippen molar-refractivity contribution in [3.63, 3.8) is 0 Å². The summed E-state index contributed by atoms with van der Waals surface area (Å²) in [6.45, 7) is 4.58. The number of nitrogens with one attached hydrogen (secondary N) is 2. The summed E-state index contributed by atoms with van der Waals surface area (Å²) in [7, 11) is -4.72. The zero-order valence-corrected chi connectivity index (χ0v) is 20.0. The standard InChI is InChI=1S/C19H35N2O8PS/c1-4-5-6-7-8-9-16(23)31-13-12-20-15(22)10-11-21-18(25)17(24)19(2,3)14-29-30(26,27)28/h4-5,17,24H,6-14H2,1-3H3,(H,20,22)(H,21,25)(H2,26,27,28)/b5-4-/t17-/m0/s1. The third-order valence-electron chi connectivity index (χ3n) is 4.17. The minimum absolute atomic E-state index is 0.0125. The van der Waals surface area contributed by atoms with Gasteiger partial charge in [-0.25, -0.2) is 4.57 Å². The number of unbranched alkanes of at least 4 members (excludes halogenated alkanes) is 2. The molecule has 0 aliphatic heterocycles. The molecule has 10 nitrogen and oxygen atoms in total. The molecule has 0 aromatic rings. The molecule has 180 valence electrons. The van der Waals surface area contributed by atoms with E-state index in [0.717, 1.165) is 19.3 Å². The van der Waals surface area contributed by atoms with Crippen LogP contribution in [0.4, 0.5) is 0 Å². The average Bonchev–Trinajstić information content (AvgIpc) is 2.68. The Hall–Kier alpha value is -1.23. The summed E-state index contributed by atoms with van der Waals surface area (Å²) in [6.07, 6.45) is 5.76. The van der Waals surface area contributed by atoms with Crippen molar-refractivity contribution in [2.45, 2.75) is 59.0 Å². The van der Waals surface area contributed by atoms with Crippen LogP contribution in [0, 0.1) is 5.41 Å². The van der Waals surface area contributed by atoms with Crippen LogP contribution in [0.2, 0.25) is 0 Å². The third-order valence-corrected chi connectivity index (χ3v) is 5.57. The molecule has 0 fully saturated rings. The fraction of sp³-hybridized carbons (Fsp3) is 0.737. The summed E-state index contributed by atoms with van der Waals surface area (Å²) in [5.41, 5.74) is -1.25. The second kappa shape index (κ2) is 15.6. The van der Waals surface area contributed by atoms with Gasteiger partial charge >= 0.3 is 7.82 Å². The lowest BCUT2D eigenvalue weighted by Gasteiger charge is -2.29. The Morgan fingerprint density at radius 2 is 1.81 bits per heavy atom. The van der Waals surface area contributed by atoms with Crippen LogP contribution in [-0.4, -0.2) is 63.4 Å². The van der Waals surface area contributed by atoms with Crippen molar-refractivity contribution in [3.8, 4) is 0 Å². The number of hydrogen-bond acceptors (Lipinski definition) is 7. The van der Waals surface area contributed by atoms with Gasteiger partial charge in [-0.1, -0.05) is 37.8 Å². The summed E-state index contributed by atoms with van der Waals surface area (Å²) in [5.74, 6) is -0.612. The first-order chi connectivity index (χ1) is 14.4. The molecule has 0 aliphatic carbocycles. The number of thioether (sulfide) groups is 1. The number of aliphatic hydroxyl groups excluding tert-OH is 1. The minimum atomic E-state index is -4.72. The Morgan fingerprint density at radius 1 is 1.13 bits per heavy atom. The molecule has 5 N–H and O–H groups in total. The second-order valence-electron chi connectivity index (χ2n) is 7.58. The summed E-state index contributed by atoms with van der Waals surface area (Å²) in [4.78, 5) is 53.0. The van der Waals surface area contributed by atoms with E-state index in [4.69, 9.17) is 9.79 Å². The van der Waals surface area contributed by atoms with Gasteiger partial charge in [-0.15, -0.1) is 0 Å². The molecule has 0 rings (SSSR count). The van der Waals surface area contributed by atoms with Crippen LogP contribution >= 0.6 is 19.6 Å². The van der Waals surface area contributed by atoms with Crippen molar-refractivity contribution in [2.24, 2.45) is 5.41 Å². The first-order valence-electron chi connectivity index (χ1n) is 10.1. The SMILES string of the molecule is C/C=C\CCCCC(=O)SCCNC(=O)CCNC(=O)[C@H](O)C(C)(C)COP(=O)(O)O. The fourth-order valence-corrected chi connectivity index (χ4v) is 3.52. The number of rotatable bonds is 16. The fourth-order valence-electron chi connectivity index (χ4n) is 2.29. The highest BCUT2D eigenvalue weighted by molar-refractivity contribution is 8.13. The number of phosphoric ester groups is 1. The molecule has 0 unspecified atom stereocenters. The molecular formula is C19H35N2O8PS. The van der Waals surface area contributed by atoms with Gasteiger partial charge in [0.2, 0.25) is 11.8 Å². The van der Waals surface area contributed by atoms with Crippen LogP contribution in [0.15, 0.2) is 12.2 Å². The van der Waals surface area contributed by atoms with E-state index in [2.05, 4.69) is 21.2 Å². The van der Waals surface area contributed by atoms with Crippen molar-refractivity contribution in [1.82, 2.24) is 10.6 Å². The maximum absolute atomic E-state index is 12.0. The highest BCUT2D eigenvalue weighted by Crippen LogP contribution is 2.38. The summed E-state index contributed by atoms with van der Waals surface area (Å²) < 4.78 is 15.1. The van der Waals surface area contributed by atoms with Gasteiger partial charge in [-0.3, -0.25) is 18.9 Å². The van der Waals surface area contributed by atoms with Crippen LogP contribution < -0.4 is 10.6 Å². The van der Waals surface area contributed by atoms with Crippen molar-refractivity contribution >= 4 is 36.5 Å². The molecule has 1 atom stereocenters. The molecule has 0 saturated carbocycles. The van der Waals surface area contributed by atoms with Gasteiger partial charge in [0.25, 0.3) is 0 Å². The number of allylic oxidation sites excluding steroid dienone is 2. The molecule has 0 bridgehead atoms. The number of hydrogen-bond donors (Lipinski definition) is 5. The second-order valence-corrected chi connectivity index (χ2v) is 9.97. The monoisotopic (exact) mass is 482 g/mol. The first-order valence-corrected chi connectivity index (χ1v) is 12.6. The number of amides is 2. The van der Waals surface area contributed by atoms with Crippen LogP contribution in [-0.2, 0) is 23.5 Å². The Labute approximate surface area is 187 Å². The van der Waals surface area contributed by atoms with Crippen LogP contribution in [0.25, 0.3) is 0 Å². The Bertz CT molecular complexity index is 651. The van der Waals surface area contributed by atoms with Crippen molar-refractivity contribution in [2.75, 3.05) is 25.4 Å². The van der Waals surface area contributed by atoms with E-state index in [1.807, 2.05) is 13.0 Å². The predicted molar refractivity (Wildman–Crippen MR) is 119 cm³/mol. The Morgan fingerprint density at radius 3 is 2.42 bits per heavy atom. The maximum Gasteiger partial charge on any atom is 0.469 e.